The maximum atomic E-state index is 11.4. The van der Waals surface area contributed by atoms with Crippen molar-refractivity contribution < 1.29 is 9.53 Å². The van der Waals surface area contributed by atoms with Crippen LogP contribution in [-0.4, -0.2) is 37.6 Å². The number of benzene rings is 1. The van der Waals surface area contributed by atoms with Gasteiger partial charge in [-0.2, -0.15) is 0 Å². The van der Waals surface area contributed by atoms with E-state index in [4.69, 9.17) is 22.1 Å². The fourth-order valence-electron chi connectivity index (χ4n) is 1.27. The lowest BCUT2D eigenvalue weighted by molar-refractivity contribution is -0.130. The van der Waals surface area contributed by atoms with E-state index in [1.807, 2.05) is 0 Å². The van der Waals surface area contributed by atoms with E-state index >= 15 is 0 Å². The molecule has 0 bridgehead atoms. The van der Waals surface area contributed by atoms with E-state index in [2.05, 4.69) is 0 Å². The summed E-state index contributed by atoms with van der Waals surface area (Å²) in [5, 5.41) is 0.674. The highest BCUT2D eigenvalue weighted by atomic mass is 35.5. The lowest BCUT2D eigenvalue weighted by Crippen LogP contribution is -2.32. The topological polar surface area (TPSA) is 55.6 Å². The van der Waals surface area contributed by atoms with Gasteiger partial charge in [0.2, 0.25) is 5.91 Å². The predicted octanol–water partition coefficient (Wildman–Crippen LogP) is 1.95. The normalized spacial score (nSPS) is 9.50. The second kappa shape index (κ2) is 9.03. The molecule has 1 aromatic rings. The second-order valence-electron chi connectivity index (χ2n) is 3.66. The maximum Gasteiger partial charge on any atom is 0.223 e. The minimum atomic E-state index is 0. The van der Waals surface area contributed by atoms with Gasteiger partial charge in [0.1, 0.15) is 12.4 Å². The molecule has 1 rings (SSSR count). The van der Waals surface area contributed by atoms with Gasteiger partial charge in [0.05, 0.1) is 6.54 Å². The number of ether oxygens (including phenoxy) is 1. The molecule has 0 saturated heterocycles. The molecule has 0 aliphatic rings. The first-order chi connectivity index (χ1) is 8.13. The molecule has 2 N–H and O–H groups in total. The van der Waals surface area contributed by atoms with Crippen LogP contribution in [0.5, 0.6) is 5.75 Å². The number of carbonyl (C=O) groups excluding carboxylic acids is 1. The molecule has 18 heavy (non-hydrogen) atoms. The van der Waals surface area contributed by atoms with Crippen LogP contribution in [-0.2, 0) is 4.79 Å². The van der Waals surface area contributed by atoms with Crippen molar-refractivity contribution in [1.82, 2.24) is 4.90 Å². The van der Waals surface area contributed by atoms with Crippen LogP contribution in [0, 0.1) is 0 Å². The standard InChI is InChI=1S/C12H17ClN2O2.ClH/c1-15(12(16)6-7-14)8-9-17-11-4-2-10(13)3-5-11;/h2-5H,6-9,14H2,1H3;1H. The number of nitrogens with zero attached hydrogens (tertiary/aromatic N) is 1. The Bertz CT molecular complexity index is 358. The first kappa shape index (κ1) is 17.0. The van der Waals surface area contributed by atoms with E-state index in [1.165, 1.54) is 0 Å². The predicted molar refractivity (Wildman–Crippen MR) is 75.5 cm³/mol. The fourth-order valence-corrected chi connectivity index (χ4v) is 1.40. The number of halogens is 2. The van der Waals surface area contributed by atoms with Crippen molar-refractivity contribution in [1.29, 1.82) is 0 Å². The Hall–Kier alpha value is -0.970. The smallest absolute Gasteiger partial charge is 0.223 e. The van der Waals surface area contributed by atoms with Crippen molar-refractivity contribution in [2.75, 3.05) is 26.7 Å². The third-order valence-corrected chi connectivity index (χ3v) is 2.54. The molecule has 0 unspecified atom stereocenters. The fraction of sp³-hybridized carbons (Fsp3) is 0.417. The minimum Gasteiger partial charge on any atom is -0.492 e. The van der Waals surface area contributed by atoms with Crippen molar-refractivity contribution >= 4 is 29.9 Å². The van der Waals surface area contributed by atoms with Crippen LogP contribution in [0.25, 0.3) is 0 Å². The van der Waals surface area contributed by atoms with Gasteiger partial charge in [-0.1, -0.05) is 11.6 Å². The quantitative estimate of drug-likeness (QED) is 0.872. The van der Waals surface area contributed by atoms with Crippen molar-refractivity contribution in [3.8, 4) is 5.75 Å². The molecule has 0 radical (unpaired) electrons. The number of hydrogen-bond donors (Lipinski definition) is 1. The number of nitrogens with two attached hydrogens (primary N) is 1. The Morgan fingerprint density at radius 1 is 1.39 bits per heavy atom. The molecule has 0 heterocycles. The van der Waals surface area contributed by atoms with E-state index in [1.54, 1.807) is 36.2 Å². The van der Waals surface area contributed by atoms with Gasteiger partial charge in [0.25, 0.3) is 0 Å². The summed E-state index contributed by atoms with van der Waals surface area (Å²) in [5.41, 5.74) is 5.31. The number of likely N-dealkylation sites (N-methyl/N-ethyl adjacent to an activating group) is 1. The summed E-state index contributed by atoms with van der Waals surface area (Å²) in [5.74, 6) is 0.779. The summed E-state index contributed by atoms with van der Waals surface area (Å²) in [6.07, 6.45) is 0.372. The monoisotopic (exact) mass is 292 g/mol. The van der Waals surface area contributed by atoms with Crippen molar-refractivity contribution in [2.45, 2.75) is 6.42 Å². The SMILES string of the molecule is CN(CCOc1ccc(Cl)cc1)C(=O)CCN.Cl. The van der Waals surface area contributed by atoms with Crippen LogP contribution in [0.4, 0.5) is 0 Å². The Morgan fingerprint density at radius 3 is 2.56 bits per heavy atom. The Labute approximate surface area is 118 Å². The Kier molecular flexibility index (Phi) is 8.54. The minimum absolute atomic E-state index is 0. The van der Waals surface area contributed by atoms with E-state index in [9.17, 15) is 4.79 Å². The molecule has 0 atom stereocenters. The van der Waals surface area contributed by atoms with Crippen LogP contribution < -0.4 is 10.5 Å². The molecule has 0 saturated carbocycles. The number of carbonyl (C=O) groups is 1. The van der Waals surface area contributed by atoms with E-state index in [0.29, 0.717) is 31.1 Å². The molecule has 0 aliphatic heterocycles. The summed E-state index contributed by atoms with van der Waals surface area (Å²) in [6.45, 7) is 1.37. The van der Waals surface area contributed by atoms with E-state index < -0.39 is 0 Å². The zero-order valence-electron chi connectivity index (χ0n) is 10.3. The Morgan fingerprint density at radius 2 is 2.00 bits per heavy atom. The Balaban J connectivity index is 0.00000289. The van der Waals surface area contributed by atoms with Gasteiger partial charge in [-0.25, -0.2) is 0 Å². The summed E-state index contributed by atoms with van der Waals surface area (Å²) in [4.78, 5) is 13.0. The van der Waals surface area contributed by atoms with Gasteiger partial charge in [0, 0.05) is 25.0 Å². The molecule has 0 fully saturated rings. The summed E-state index contributed by atoms with van der Waals surface area (Å²) < 4.78 is 5.48. The lowest BCUT2D eigenvalue weighted by Gasteiger charge is -2.17. The third-order valence-electron chi connectivity index (χ3n) is 2.29. The molecule has 102 valence electrons. The van der Waals surface area contributed by atoms with Crippen LogP contribution >= 0.6 is 24.0 Å². The second-order valence-corrected chi connectivity index (χ2v) is 4.09. The van der Waals surface area contributed by atoms with Gasteiger partial charge in [-0.15, -0.1) is 12.4 Å². The highest BCUT2D eigenvalue weighted by molar-refractivity contribution is 6.30. The summed E-state index contributed by atoms with van der Waals surface area (Å²) in [7, 11) is 1.74. The molecule has 0 spiro atoms. The number of rotatable bonds is 6. The maximum absolute atomic E-state index is 11.4. The molecule has 0 aliphatic carbocycles. The third kappa shape index (κ3) is 6.10. The van der Waals surface area contributed by atoms with E-state index in [0.717, 1.165) is 5.75 Å². The van der Waals surface area contributed by atoms with Crippen LogP contribution in [0.15, 0.2) is 24.3 Å². The van der Waals surface area contributed by atoms with Crippen LogP contribution in [0.2, 0.25) is 5.02 Å². The van der Waals surface area contributed by atoms with Crippen LogP contribution in [0.3, 0.4) is 0 Å². The van der Waals surface area contributed by atoms with Gasteiger partial charge in [-0.05, 0) is 24.3 Å². The van der Waals surface area contributed by atoms with Crippen molar-refractivity contribution in [3.05, 3.63) is 29.3 Å². The van der Waals surface area contributed by atoms with Crippen molar-refractivity contribution in [2.24, 2.45) is 5.73 Å². The largest absolute Gasteiger partial charge is 0.492 e. The first-order valence-corrected chi connectivity index (χ1v) is 5.83. The highest BCUT2D eigenvalue weighted by Crippen LogP contribution is 2.15. The molecule has 1 aromatic carbocycles. The molecular formula is C12H18Cl2N2O2. The first-order valence-electron chi connectivity index (χ1n) is 5.46. The molecule has 1 amide bonds. The highest BCUT2D eigenvalue weighted by Gasteiger charge is 2.06. The molecule has 6 heteroatoms. The van der Waals surface area contributed by atoms with Gasteiger partial charge in [-0.3, -0.25) is 4.79 Å². The average Bonchev–Trinajstić information content (AvgIpc) is 2.32. The molecule has 4 nitrogen and oxygen atoms in total. The zero-order valence-corrected chi connectivity index (χ0v) is 11.8. The summed E-state index contributed by atoms with van der Waals surface area (Å²) in [6, 6.07) is 7.12. The zero-order chi connectivity index (χ0) is 12.7. The van der Waals surface area contributed by atoms with Gasteiger partial charge >= 0.3 is 0 Å². The van der Waals surface area contributed by atoms with Crippen LogP contribution in [0.1, 0.15) is 6.42 Å². The molecule has 0 aromatic heterocycles. The number of amides is 1. The lowest BCUT2D eigenvalue weighted by atomic mass is 10.3. The van der Waals surface area contributed by atoms with Gasteiger partial charge < -0.3 is 15.4 Å². The molecular weight excluding hydrogens is 275 g/mol. The summed E-state index contributed by atoms with van der Waals surface area (Å²) >= 11 is 5.75. The van der Waals surface area contributed by atoms with E-state index in [-0.39, 0.29) is 18.3 Å². The average molecular weight is 293 g/mol. The number of hydrogen-bond acceptors (Lipinski definition) is 3. The van der Waals surface area contributed by atoms with Crippen molar-refractivity contribution in [3.63, 3.8) is 0 Å². The van der Waals surface area contributed by atoms with Gasteiger partial charge in [0.15, 0.2) is 0 Å².